The Balaban J connectivity index is 1.86. The van der Waals surface area contributed by atoms with Crippen LogP contribution in [0.4, 0.5) is 8.78 Å². The quantitative estimate of drug-likeness (QED) is 0.787. The fraction of sp³-hybridized carbons (Fsp3) is 0.278. The summed E-state index contributed by atoms with van der Waals surface area (Å²) >= 11 is 0. The monoisotopic (exact) mass is 318 g/mol. The molecule has 1 saturated heterocycles. The number of aryl methyl sites for hydroxylation is 1. The number of carbonyl (C=O) groups excluding carboxylic acids is 1. The van der Waals surface area contributed by atoms with E-state index in [1.54, 1.807) is 24.3 Å². The molecule has 0 aromatic heterocycles. The molecular weight excluding hydrogens is 302 g/mol. The van der Waals surface area contributed by atoms with E-state index in [1.807, 2.05) is 0 Å². The van der Waals surface area contributed by atoms with Crippen molar-refractivity contribution in [2.75, 3.05) is 13.2 Å². The maximum atomic E-state index is 14.3. The van der Waals surface area contributed by atoms with Gasteiger partial charge in [0.15, 0.2) is 17.9 Å². The van der Waals surface area contributed by atoms with Crippen LogP contribution in [0, 0.1) is 11.6 Å². The topological polar surface area (TPSA) is 35.5 Å². The highest BCUT2D eigenvalue weighted by Crippen LogP contribution is 2.29. The van der Waals surface area contributed by atoms with Crippen molar-refractivity contribution in [2.45, 2.75) is 19.1 Å². The van der Waals surface area contributed by atoms with Gasteiger partial charge in [0.05, 0.1) is 13.2 Å². The van der Waals surface area contributed by atoms with E-state index in [0.29, 0.717) is 25.1 Å². The average molecular weight is 318 g/mol. The van der Waals surface area contributed by atoms with Gasteiger partial charge in [0.25, 0.3) is 0 Å². The predicted octanol–water partition coefficient (Wildman–Crippen LogP) is 3.81. The van der Waals surface area contributed by atoms with Gasteiger partial charge >= 0.3 is 0 Å². The zero-order valence-corrected chi connectivity index (χ0v) is 12.4. The van der Waals surface area contributed by atoms with Crippen molar-refractivity contribution in [3.8, 4) is 11.1 Å². The normalized spacial score (nSPS) is 15.0. The van der Waals surface area contributed by atoms with E-state index in [9.17, 15) is 13.6 Å². The summed E-state index contributed by atoms with van der Waals surface area (Å²) in [6.45, 7) is 1.10. The van der Waals surface area contributed by atoms with Crippen molar-refractivity contribution in [1.82, 2.24) is 0 Å². The fourth-order valence-corrected chi connectivity index (χ4v) is 2.59. The smallest absolute Gasteiger partial charge is 0.184 e. The van der Waals surface area contributed by atoms with Crippen LogP contribution >= 0.6 is 0 Å². The van der Waals surface area contributed by atoms with Crippen molar-refractivity contribution in [2.24, 2.45) is 0 Å². The van der Waals surface area contributed by atoms with Gasteiger partial charge < -0.3 is 14.3 Å². The number of ether oxygens (including phenoxy) is 2. The van der Waals surface area contributed by atoms with Crippen LogP contribution in [0.15, 0.2) is 36.4 Å². The molecule has 0 N–H and O–H groups in total. The average Bonchev–Trinajstić information content (AvgIpc) is 3.11. The minimum atomic E-state index is -0.894. The summed E-state index contributed by atoms with van der Waals surface area (Å²) in [6, 6.07) is 10.0. The Morgan fingerprint density at radius 2 is 1.70 bits per heavy atom. The van der Waals surface area contributed by atoms with Gasteiger partial charge in [-0.2, -0.15) is 0 Å². The van der Waals surface area contributed by atoms with Gasteiger partial charge in [-0.15, -0.1) is 0 Å². The molecule has 1 heterocycles. The first kappa shape index (κ1) is 15.8. The molecule has 23 heavy (non-hydrogen) atoms. The van der Waals surface area contributed by atoms with Crippen LogP contribution < -0.4 is 0 Å². The molecule has 3 rings (SSSR count). The molecule has 2 aromatic carbocycles. The van der Waals surface area contributed by atoms with E-state index in [4.69, 9.17) is 9.47 Å². The van der Waals surface area contributed by atoms with Crippen LogP contribution in [0.5, 0.6) is 0 Å². The van der Waals surface area contributed by atoms with Crippen LogP contribution in [-0.2, 0) is 20.7 Å². The lowest BCUT2D eigenvalue weighted by Gasteiger charge is -2.11. The van der Waals surface area contributed by atoms with Crippen LogP contribution in [0.3, 0.4) is 0 Å². The largest absolute Gasteiger partial charge is 0.346 e. The molecular formula is C18H16F2O3. The van der Waals surface area contributed by atoms with Crippen molar-refractivity contribution >= 4 is 6.29 Å². The van der Waals surface area contributed by atoms with Gasteiger partial charge in [0, 0.05) is 17.5 Å². The molecule has 0 aliphatic carbocycles. The molecule has 0 unspecified atom stereocenters. The van der Waals surface area contributed by atoms with Crippen LogP contribution in [0.25, 0.3) is 11.1 Å². The Morgan fingerprint density at radius 1 is 1.00 bits per heavy atom. The minimum Gasteiger partial charge on any atom is -0.346 e. The number of rotatable bonds is 5. The van der Waals surface area contributed by atoms with E-state index in [1.165, 1.54) is 12.1 Å². The van der Waals surface area contributed by atoms with Gasteiger partial charge in [-0.1, -0.05) is 36.4 Å². The van der Waals surface area contributed by atoms with Crippen molar-refractivity contribution in [3.63, 3.8) is 0 Å². The third-order valence-electron chi connectivity index (χ3n) is 3.81. The summed E-state index contributed by atoms with van der Waals surface area (Å²) < 4.78 is 39.1. The first-order chi connectivity index (χ1) is 11.2. The Bertz CT molecular complexity index is 692. The fourth-order valence-electron chi connectivity index (χ4n) is 2.59. The Kier molecular flexibility index (Phi) is 4.79. The third-order valence-corrected chi connectivity index (χ3v) is 3.81. The molecule has 0 atom stereocenters. The van der Waals surface area contributed by atoms with Gasteiger partial charge in [0.2, 0.25) is 0 Å². The van der Waals surface area contributed by atoms with Crippen LogP contribution in [0.2, 0.25) is 0 Å². The highest BCUT2D eigenvalue weighted by molar-refractivity contribution is 5.65. The van der Waals surface area contributed by atoms with Crippen molar-refractivity contribution in [1.29, 1.82) is 0 Å². The minimum absolute atomic E-state index is 0.172. The lowest BCUT2D eigenvalue weighted by atomic mass is 9.99. The molecule has 5 heteroatoms. The number of hydrogen-bond acceptors (Lipinski definition) is 3. The molecule has 1 fully saturated rings. The lowest BCUT2D eigenvalue weighted by molar-refractivity contribution is -0.107. The molecule has 0 bridgehead atoms. The lowest BCUT2D eigenvalue weighted by Crippen LogP contribution is -1.99. The summed E-state index contributed by atoms with van der Waals surface area (Å²) in [5.74, 6) is -1.79. The van der Waals surface area contributed by atoms with Gasteiger partial charge in [-0.25, -0.2) is 8.78 Å². The number of carbonyl (C=O) groups is 1. The second-order valence-electron chi connectivity index (χ2n) is 5.30. The zero-order chi connectivity index (χ0) is 16.2. The van der Waals surface area contributed by atoms with Gasteiger partial charge in [-0.05, 0) is 17.5 Å². The first-order valence-corrected chi connectivity index (χ1v) is 7.44. The van der Waals surface area contributed by atoms with Gasteiger partial charge in [-0.3, -0.25) is 0 Å². The van der Waals surface area contributed by atoms with E-state index in [2.05, 4.69) is 0 Å². The summed E-state index contributed by atoms with van der Waals surface area (Å²) in [6.07, 6.45) is 0.668. The van der Waals surface area contributed by atoms with Crippen molar-refractivity contribution in [3.05, 3.63) is 59.2 Å². The molecule has 0 spiro atoms. The van der Waals surface area contributed by atoms with Gasteiger partial charge in [0.1, 0.15) is 6.29 Å². The summed E-state index contributed by atoms with van der Waals surface area (Å²) in [5.41, 5.74) is 1.82. The zero-order valence-electron chi connectivity index (χ0n) is 12.4. The molecule has 0 radical (unpaired) electrons. The first-order valence-electron chi connectivity index (χ1n) is 7.44. The molecule has 3 nitrogen and oxygen atoms in total. The maximum Gasteiger partial charge on any atom is 0.184 e. The predicted molar refractivity (Wildman–Crippen MR) is 80.8 cm³/mol. The third kappa shape index (κ3) is 3.30. The highest BCUT2D eigenvalue weighted by atomic mass is 19.2. The second-order valence-corrected chi connectivity index (χ2v) is 5.30. The molecule has 120 valence electrons. The summed E-state index contributed by atoms with van der Waals surface area (Å²) in [7, 11) is 0. The van der Waals surface area contributed by atoms with Crippen LogP contribution in [-0.4, -0.2) is 19.5 Å². The number of aldehydes is 1. The summed E-state index contributed by atoms with van der Waals surface area (Å²) in [5, 5.41) is 0. The molecule has 1 aliphatic rings. The maximum absolute atomic E-state index is 14.3. The van der Waals surface area contributed by atoms with E-state index >= 15 is 0 Å². The molecule has 0 saturated carbocycles. The van der Waals surface area contributed by atoms with E-state index < -0.39 is 17.9 Å². The molecule has 0 amide bonds. The Labute approximate surface area is 132 Å². The van der Waals surface area contributed by atoms with E-state index in [-0.39, 0.29) is 24.0 Å². The number of hydrogen-bond donors (Lipinski definition) is 0. The van der Waals surface area contributed by atoms with Crippen molar-refractivity contribution < 1.29 is 23.0 Å². The van der Waals surface area contributed by atoms with E-state index in [0.717, 1.165) is 5.56 Å². The number of halogens is 2. The highest BCUT2D eigenvalue weighted by Gasteiger charge is 2.19. The summed E-state index contributed by atoms with van der Waals surface area (Å²) in [4.78, 5) is 10.4. The Hall–Kier alpha value is -2.11. The Morgan fingerprint density at radius 3 is 2.35 bits per heavy atom. The standard InChI is InChI=1S/C18H16F2O3/c19-16-13(2-1-9-21)7-8-15(17(16)20)12-3-5-14(6-4-12)18-22-10-11-23-18/h3-9,18H,1-2,10-11H2. The second kappa shape index (κ2) is 6.98. The number of benzene rings is 2. The molecule has 1 aliphatic heterocycles. The SMILES string of the molecule is O=CCCc1ccc(-c2ccc(C3OCCO3)cc2)c(F)c1F. The molecule has 2 aromatic rings. The van der Waals surface area contributed by atoms with Crippen LogP contribution in [0.1, 0.15) is 23.8 Å².